The van der Waals surface area contributed by atoms with Gasteiger partial charge in [-0.2, -0.15) is 0 Å². The highest BCUT2D eigenvalue weighted by Crippen LogP contribution is 2.27. The zero-order chi connectivity index (χ0) is 22.6. The van der Waals surface area contributed by atoms with Crippen molar-refractivity contribution in [2.45, 2.75) is 51.8 Å². The number of anilines is 1. The summed E-state index contributed by atoms with van der Waals surface area (Å²) >= 11 is 0. The Bertz CT molecular complexity index is 1070. The smallest absolute Gasteiger partial charge is 0.407 e. The van der Waals surface area contributed by atoms with E-state index in [1.54, 1.807) is 18.2 Å². The molecule has 7 nitrogen and oxygen atoms in total. The van der Waals surface area contributed by atoms with Crippen LogP contribution in [0.2, 0.25) is 0 Å². The predicted octanol–water partition coefficient (Wildman–Crippen LogP) is 4.26. The van der Waals surface area contributed by atoms with Gasteiger partial charge in [0.1, 0.15) is 6.61 Å². The molecule has 1 heterocycles. The summed E-state index contributed by atoms with van der Waals surface area (Å²) in [5.74, 6) is -0.454. The molecule has 0 spiro atoms. The van der Waals surface area contributed by atoms with Crippen molar-refractivity contribution in [3.8, 4) is 0 Å². The molecule has 0 radical (unpaired) electrons. The molecule has 3 rings (SSSR count). The van der Waals surface area contributed by atoms with Gasteiger partial charge in [0, 0.05) is 34.2 Å². The highest BCUT2D eigenvalue weighted by molar-refractivity contribution is 5.96. The van der Waals surface area contributed by atoms with Crippen LogP contribution in [-0.4, -0.2) is 28.6 Å². The molecule has 0 aliphatic carbocycles. The number of H-pyrrole nitrogens is 1. The summed E-state index contributed by atoms with van der Waals surface area (Å²) in [6, 6.07) is 14.4. The Morgan fingerprint density at radius 2 is 1.87 bits per heavy atom. The number of nitrogens with one attached hydrogen (secondary N) is 3. The van der Waals surface area contributed by atoms with Crippen LogP contribution in [0.15, 0.2) is 54.7 Å². The maximum atomic E-state index is 12.8. The molecular formula is C24H30N4O3. The van der Waals surface area contributed by atoms with Gasteiger partial charge >= 0.3 is 6.09 Å². The summed E-state index contributed by atoms with van der Waals surface area (Å²) in [5.41, 5.74) is 9.30. The van der Waals surface area contributed by atoms with Crippen LogP contribution in [0, 0.1) is 0 Å². The van der Waals surface area contributed by atoms with Crippen LogP contribution in [0.4, 0.5) is 10.5 Å². The van der Waals surface area contributed by atoms with Gasteiger partial charge in [0.15, 0.2) is 0 Å². The Hall–Kier alpha value is -3.32. The first-order valence-corrected chi connectivity index (χ1v) is 10.3. The molecule has 3 aromatic rings. The van der Waals surface area contributed by atoms with Crippen LogP contribution < -0.4 is 16.4 Å². The van der Waals surface area contributed by atoms with Crippen LogP contribution in [0.3, 0.4) is 0 Å². The van der Waals surface area contributed by atoms with Crippen LogP contribution in [0.25, 0.3) is 10.9 Å². The number of ether oxygens (including phenoxy) is 1. The molecule has 5 N–H and O–H groups in total. The second-order valence-corrected chi connectivity index (χ2v) is 8.74. The van der Waals surface area contributed by atoms with E-state index in [1.165, 1.54) is 0 Å². The molecule has 7 heteroatoms. The molecule has 2 aromatic carbocycles. The molecule has 1 aromatic heterocycles. The number of amides is 2. The normalized spacial score (nSPS) is 13.5. The van der Waals surface area contributed by atoms with Gasteiger partial charge in [0.05, 0.1) is 6.04 Å². The zero-order valence-electron chi connectivity index (χ0n) is 18.4. The maximum Gasteiger partial charge on any atom is 0.407 e. The molecule has 0 saturated carbocycles. The zero-order valence-corrected chi connectivity index (χ0v) is 18.4. The van der Waals surface area contributed by atoms with Crippen molar-refractivity contribution < 1.29 is 14.3 Å². The van der Waals surface area contributed by atoms with Crippen LogP contribution in [-0.2, 0) is 16.1 Å². The summed E-state index contributed by atoms with van der Waals surface area (Å²) in [6.07, 6.45) is 1.42. The van der Waals surface area contributed by atoms with Crippen LogP contribution >= 0.6 is 0 Å². The fourth-order valence-corrected chi connectivity index (χ4v) is 3.35. The number of para-hydroxylation sites is 1. The summed E-state index contributed by atoms with van der Waals surface area (Å²) in [7, 11) is 0. The molecule has 0 unspecified atom stereocenters. The fraction of sp³-hybridized carbons (Fsp3) is 0.333. The number of hydrogen-bond acceptors (Lipinski definition) is 4. The van der Waals surface area contributed by atoms with E-state index >= 15 is 0 Å². The van der Waals surface area contributed by atoms with E-state index in [1.807, 2.05) is 64.2 Å². The third kappa shape index (κ3) is 5.86. The van der Waals surface area contributed by atoms with E-state index in [2.05, 4.69) is 15.6 Å². The largest absolute Gasteiger partial charge is 0.445 e. The average Bonchev–Trinajstić information content (AvgIpc) is 3.14. The van der Waals surface area contributed by atoms with Gasteiger partial charge in [-0.3, -0.25) is 4.79 Å². The molecule has 2 amide bonds. The van der Waals surface area contributed by atoms with Crippen molar-refractivity contribution in [3.63, 3.8) is 0 Å². The van der Waals surface area contributed by atoms with Crippen molar-refractivity contribution in [2.75, 3.05) is 5.32 Å². The van der Waals surface area contributed by atoms with Gasteiger partial charge in [-0.1, -0.05) is 37.3 Å². The number of carbonyl (C=O) groups is 2. The Labute approximate surface area is 182 Å². The monoisotopic (exact) mass is 422 g/mol. The lowest BCUT2D eigenvalue weighted by atomic mass is 9.93. The van der Waals surface area contributed by atoms with Crippen molar-refractivity contribution in [1.29, 1.82) is 0 Å². The van der Waals surface area contributed by atoms with Gasteiger partial charge in [0.2, 0.25) is 5.91 Å². The first-order valence-electron chi connectivity index (χ1n) is 10.3. The maximum absolute atomic E-state index is 12.8. The van der Waals surface area contributed by atoms with Crippen molar-refractivity contribution >= 4 is 28.6 Å². The number of fused-ring (bicyclic) bond motifs is 1. The number of rotatable bonds is 6. The van der Waals surface area contributed by atoms with Crippen molar-refractivity contribution in [3.05, 3.63) is 65.9 Å². The Kier molecular flexibility index (Phi) is 6.65. The first kappa shape index (κ1) is 22.4. The van der Waals surface area contributed by atoms with E-state index in [4.69, 9.17) is 10.5 Å². The third-order valence-corrected chi connectivity index (χ3v) is 4.99. The fourth-order valence-electron chi connectivity index (χ4n) is 3.35. The Morgan fingerprint density at radius 3 is 2.61 bits per heavy atom. The van der Waals surface area contributed by atoms with Gasteiger partial charge in [-0.25, -0.2) is 4.79 Å². The van der Waals surface area contributed by atoms with Gasteiger partial charge < -0.3 is 26.1 Å². The minimum Gasteiger partial charge on any atom is -0.445 e. The summed E-state index contributed by atoms with van der Waals surface area (Å²) in [6.45, 7) is 7.68. The molecule has 0 aliphatic rings. The Balaban J connectivity index is 1.62. The summed E-state index contributed by atoms with van der Waals surface area (Å²) < 4.78 is 5.25. The number of hydrogen-bond donors (Lipinski definition) is 4. The van der Waals surface area contributed by atoms with Gasteiger partial charge in [-0.05, 0) is 50.1 Å². The minimum absolute atomic E-state index is 0.101. The number of aromatic nitrogens is 1. The lowest BCUT2D eigenvalue weighted by Gasteiger charge is -2.20. The molecule has 0 aliphatic heterocycles. The summed E-state index contributed by atoms with van der Waals surface area (Å²) in [5, 5.41) is 6.67. The Morgan fingerprint density at radius 1 is 1.13 bits per heavy atom. The quantitative estimate of drug-likeness (QED) is 0.476. The summed E-state index contributed by atoms with van der Waals surface area (Å²) in [4.78, 5) is 27.8. The van der Waals surface area contributed by atoms with Crippen molar-refractivity contribution in [1.82, 2.24) is 10.3 Å². The second-order valence-electron chi connectivity index (χ2n) is 8.74. The number of aromatic amines is 1. The molecule has 164 valence electrons. The molecular weight excluding hydrogens is 392 g/mol. The highest BCUT2D eigenvalue weighted by atomic mass is 16.5. The predicted molar refractivity (Wildman–Crippen MR) is 123 cm³/mol. The van der Waals surface area contributed by atoms with E-state index in [-0.39, 0.29) is 24.0 Å². The van der Waals surface area contributed by atoms with Crippen LogP contribution in [0.1, 0.15) is 44.7 Å². The standard InChI is InChI=1S/C24H30N4O3/c1-15(19-13-26-20-11-6-5-10-18(19)20)21(25)22(29)27-17-9-7-8-16(12-17)14-31-23(30)28-24(2,3)4/h5-13,15,21,26H,14,25H2,1-4H3,(H,27,29)(H,28,30)/t15-,21+/m0/s1. The van der Waals surface area contributed by atoms with E-state index < -0.39 is 12.1 Å². The SMILES string of the molecule is C[C@@H](c1c[nH]c2ccccc12)[C@@H](N)C(=O)Nc1cccc(COC(=O)NC(C)(C)C)c1. The lowest BCUT2D eigenvalue weighted by molar-refractivity contribution is -0.117. The van der Waals surface area contributed by atoms with Gasteiger partial charge in [-0.15, -0.1) is 0 Å². The number of carbonyl (C=O) groups excluding carboxylic acids is 2. The van der Waals surface area contributed by atoms with Crippen LogP contribution in [0.5, 0.6) is 0 Å². The van der Waals surface area contributed by atoms with E-state index in [9.17, 15) is 9.59 Å². The molecule has 31 heavy (non-hydrogen) atoms. The molecule has 0 bridgehead atoms. The van der Waals surface area contributed by atoms with Gasteiger partial charge in [0.25, 0.3) is 0 Å². The third-order valence-electron chi connectivity index (χ3n) is 4.99. The average molecular weight is 423 g/mol. The highest BCUT2D eigenvalue weighted by Gasteiger charge is 2.24. The van der Waals surface area contributed by atoms with Crippen molar-refractivity contribution in [2.24, 2.45) is 5.73 Å². The number of alkyl carbamates (subject to hydrolysis) is 1. The first-order chi connectivity index (χ1) is 14.6. The number of nitrogens with two attached hydrogens (primary N) is 1. The second kappa shape index (κ2) is 9.22. The minimum atomic E-state index is -0.725. The topological polar surface area (TPSA) is 109 Å². The molecule has 0 saturated heterocycles. The van der Waals surface area contributed by atoms with E-state index in [0.29, 0.717) is 5.69 Å². The van der Waals surface area contributed by atoms with E-state index in [0.717, 1.165) is 22.0 Å². The molecule has 2 atom stereocenters. The number of benzene rings is 2. The molecule has 0 fully saturated rings. The lowest BCUT2D eigenvalue weighted by Crippen LogP contribution is -2.40.